The Morgan fingerprint density at radius 1 is 1.00 bits per heavy atom. The SMILES string of the molecule is OC(CC#CCOCc1ccccc1)COc1ccc(F)cc1. The number of benzene rings is 2. The molecule has 0 fully saturated rings. The minimum atomic E-state index is -0.693. The van der Waals surface area contributed by atoms with Gasteiger partial charge in [-0.15, -0.1) is 0 Å². The van der Waals surface area contributed by atoms with E-state index in [4.69, 9.17) is 9.47 Å². The highest BCUT2D eigenvalue weighted by molar-refractivity contribution is 5.22. The summed E-state index contributed by atoms with van der Waals surface area (Å²) in [6, 6.07) is 15.5. The number of aliphatic hydroxyl groups is 1. The van der Waals surface area contributed by atoms with Crippen LogP contribution < -0.4 is 4.74 Å². The van der Waals surface area contributed by atoms with Crippen molar-refractivity contribution in [2.45, 2.75) is 19.1 Å². The van der Waals surface area contributed by atoms with Crippen molar-refractivity contribution in [3.63, 3.8) is 0 Å². The Labute approximate surface area is 135 Å². The van der Waals surface area contributed by atoms with Gasteiger partial charge in [0, 0.05) is 6.42 Å². The Balaban J connectivity index is 1.59. The highest BCUT2D eigenvalue weighted by atomic mass is 19.1. The second-order valence-electron chi connectivity index (χ2n) is 4.95. The van der Waals surface area contributed by atoms with E-state index in [1.54, 1.807) is 0 Å². The van der Waals surface area contributed by atoms with Gasteiger partial charge in [-0.2, -0.15) is 0 Å². The molecule has 2 aromatic carbocycles. The predicted octanol–water partition coefficient (Wildman–Crippen LogP) is 3.18. The molecule has 0 heterocycles. The Morgan fingerprint density at radius 2 is 1.74 bits per heavy atom. The number of halogens is 1. The van der Waals surface area contributed by atoms with Crippen molar-refractivity contribution in [3.05, 3.63) is 66.0 Å². The fourth-order valence-corrected chi connectivity index (χ4v) is 1.82. The van der Waals surface area contributed by atoms with Gasteiger partial charge in [0.1, 0.15) is 24.8 Å². The van der Waals surface area contributed by atoms with Gasteiger partial charge in [0.25, 0.3) is 0 Å². The van der Waals surface area contributed by atoms with Gasteiger partial charge < -0.3 is 14.6 Å². The van der Waals surface area contributed by atoms with E-state index in [9.17, 15) is 9.50 Å². The molecule has 120 valence electrons. The third kappa shape index (κ3) is 6.96. The van der Waals surface area contributed by atoms with E-state index in [0.717, 1.165) is 5.56 Å². The van der Waals surface area contributed by atoms with Crippen molar-refractivity contribution in [3.8, 4) is 17.6 Å². The summed E-state index contributed by atoms with van der Waals surface area (Å²) in [4.78, 5) is 0. The molecule has 1 unspecified atom stereocenters. The van der Waals surface area contributed by atoms with E-state index in [1.165, 1.54) is 24.3 Å². The summed E-state index contributed by atoms with van der Waals surface area (Å²) in [5, 5.41) is 9.76. The first kappa shape index (κ1) is 17.0. The van der Waals surface area contributed by atoms with Crippen LogP contribution >= 0.6 is 0 Å². The Hall–Kier alpha value is -2.35. The standard InChI is InChI=1S/C19H19FO3/c20-17-9-11-19(12-10-17)23-15-18(21)8-4-5-13-22-14-16-6-2-1-3-7-16/h1-3,6-7,9-12,18,21H,8,13-15H2. The van der Waals surface area contributed by atoms with Crippen LogP contribution in [-0.2, 0) is 11.3 Å². The monoisotopic (exact) mass is 314 g/mol. The van der Waals surface area contributed by atoms with Crippen molar-refractivity contribution in [2.24, 2.45) is 0 Å². The van der Waals surface area contributed by atoms with Gasteiger partial charge >= 0.3 is 0 Å². The minimum Gasteiger partial charge on any atom is -0.491 e. The van der Waals surface area contributed by atoms with Gasteiger partial charge in [0.15, 0.2) is 0 Å². The lowest BCUT2D eigenvalue weighted by Gasteiger charge is -2.09. The maximum atomic E-state index is 12.7. The van der Waals surface area contributed by atoms with Gasteiger partial charge in [-0.25, -0.2) is 4.39 Å². The van der Waals surface area contributed by atoms with Crippen LogP contribution in [0.2, 0.25) is 0 Å². The van der Waals surface area contributed by atoms with Crippen molar-refractivity contribution in [1.29, 1.82) is 0 Å². The molecular formula is C19H19FO3. The molecule has 0 radical (unpaired) electrons. The van der Waals surface area contributed by atoms with E-state index in [0.29, 0.717) is 25.4 Å². The summed E-state index contributed by atoms with van der Waals surface area (Å²) < 4.78 is 23.5. The first-order valence-electron chi connectivity index (χ1n) is 7.38. The number of hydrogen-bond donors (Lipinski definition) is 1. The first-order chi connectivity index (χ1) is 11.2. The Kier molecular flexibility index (Phi) is 7.12. The fraction of sp³-hybridized carbons (Fsp3) is 0.263. The zero-order valence-corrected chi connectivity index (χ0v) is 12.7. The molecule has 1 N–H and O–H groups in total. The summed E-state index contributed by atoms with van der Waals surface area (Å²) in [6.07, 6.45) is -0.391. The van der Waals surface area contributed by atoms with E-state index < -0.39 is 6.10 Å². The molecule has 3 nitrogen and oxygen atoms in total. The topological polar surface area (TPSA) is 38.7 Å². The highest BCUT2D eigenvalue weighted by Gasteiger charge is 2.03. The van der Waals surface area contributed by atoms with E-state index >= 15 is 0 Å². The highest BCUT2D eigenvalue weighted by Crippen LogP contribution is 2.11. The van der Waals surface area contributed by atoms with Gasteiger partial charge in [-0.1, -0.05) is 42.2 Å². The molecule has 0 saturated heterocycles. The van der Waals surface area contributed by atoms with Crippen molar-refractivity contribution in [2.75, 3.05) is 13.2 Å². The lowest BCUT2D eigenvalue weighted by atomic mass is 10.2. The minimum absolute atomic E-state index is 0.116. The number of ether oxygens (including phenoxy) is 2. The molecule has 4 heteroatoms. The maximum Gasteiger partial charge on any atom is 0.123 e. The summed E-state index contributed by atoms with van der Waals surface area (Å²) in [7, 11) is 0. The molecule has 0 amide bonds. The molecular weight excluding hydrogens is 295 g/mol. The third-order valence-electron chi connectivity index (χ3n) is 3.00. The van der Waals surface area contributed by atoms with Crippen LogP contribution in [0.25, 0.3) is 0 Å². The number of aliphatic hydroxyl groups excluding tert-OH is 1. The molecule has 23 heavy (non-hydrogen) atoms. The normalized spacial score (nSPS) is 11.4. The van der Waals surface area contributed by atoms with Crippen LogP contribution in [0.3, 0.4) is 0 Å². The van der Waals surface area contributed by atoms with Gasteiger partial charge in [-0.3, -0.25) is 0 Å². The molecule has 0 saturated carbocycles. The molecule has 0 spiro atoms. The molecule has 2 aromatic rings. The van der Waals surface area contributed by atoms with E-state index in [1.807, 2.05) is 30.3 Å². The van der Waals surface area contributed by atoms with Crippen molar-refractivity contribution >= 4 is 0 Å². The van der Waals surface area contributed by atoms with Gasteiger partial charge in [0.05, 0.1) is 12.7 Å². The average molecular weight is 314 g/mol. The Morgan fingerprint density at radius 3 is 2.48 bits per heavy atom. The second-order valence-corrected chi connectivity index (χ2v) is 4.95. The fourth-order valence-electron chi connectivity index (χ4n) is 1.82. The molecule has 0 aliphatic rings. The smallest absolute Gasteiger partial charge is 0.123 e. The van der Waals surface area contributed by atoms with Crippen LogP contribution in [0, 0.1) is 17.7 Å². The quantitative estimate of drug-likeness (QED) is 0.630. The van der Waals surface area contributed by atoms with Crippen molar-refractivity contribution < 1.29 is 19.0 Å². The zero-order valence-electron chi connectivity index (χ0n) is 12.7. The summed E-state index contributed by atoms with van der Waals surface area (Å²) in [5.41, 5.74) is 1.10. The average Bonchev–Trinajstić information content (AvgIpc) is 2.58. The largest absolute Gasteiger partial charge is 0.491 e. The summed E-state index contributed by atoms with van der Waals surface area (Å²) >= 11 is 0. The van der Waals surface area contributed by atoms with E-state index in [-0.39, 0.29) is 12.4 Å². The van der Waals surface area contributed by atoms with Crippen LogP contribution in [0.1, 0.15) is 12.0 Å². The van der Waals surface area contributed by atoms with Crippen LogP contribution in [0.4, 0.5) is 4.39 Å². The number of hydrogen-bond acceptors (Lipinski definition) is 3. The molecule has 0 aliphatic heterocycles. The number of rotatable bonds is 7. The Bertz CT molecular complexity index is 629. The summed E-state index contributed by atoms with van der Waals surface area (Å²) in [5.74, 6) is 5.90. The second kappa shape index (κ2) is 9.62. The molecule has 1 atom stereocenters. The third-order valence-corrected chi connectivity index (χ3v) is 3.00. The van der Waals surface area contributed by atoms with Gasteiger partial charge in [0.2, 0.25) is 0 Å². The predicted molar refractivity (Wildman–Crippen MR) is 86.4 cm³/mol. The van der Waals surface area contributed by atoms with Crippen LogP contribution in [0.15, 0.2) is 54.6 Å². The lowest BCUT2D eigenvalue weighted by molar-refractivity contribution is 0.111. The maximum absolute atomic E-state index is 12.7. The van der Waals surface area contributed by atoms with Crippen molar-refractivity contribution in [1.82, 2.24) is 0 Å². The molecule has 0 aromatic heterocycles. The van der Waals surface area contributed by atoms with Crippen LogP contribution in [-0.4, -0.2) is 24.4 Å². The van der Waals surface area contributed by atoms with E-state index in [2.05, 4.69) is 11.8 Å². The molecule has 0 bridgehead atoms. The first-order valence-corrected chi connectivity index (χ1v) is 7.38. The van der Waals surface area contributed by atoms with Crippen LogP contribution in [0.5, 0.6) is 5.75 Å². The van der Waals surface area contributed by atoms with Gasteiger partial charge in [-0.05, 0) is 29.8 Å². The molecule has 2 rings (SSSR count). The zero-order chi connectivity index (χ0) is 16.3. The summed E-state index contributed by atoms with van der Waals surface area (Å²) in [6.45, 7) is 0.956. The molecule has 0 aliphatic carbocycles. The lowest BCUT2D eigenvalue weighted by Crippen LogP contribution is -2.16.